The van der Waals surface area contributed by atoms with Gasteiger partial charge >= 0.3 is 0 Å². The molecule has 0 saturated carbocycles. The quantitative estimate of drug-likeness (QED) is 0.256. The normalized spacial score (nSPS) is 13.8. The maximum Gasteiger partial charge on any atom is 0.260 e. The van der Waals surface area contributed by atoms with E-state index in [1.165, 1.54) is 50.9 Å². The topological polar surface area (TPSA) is 70.6 Å². The van der Waals surface area contributed by atoms with Crippen LogP contribution in [0.5, 0.6) is 0 Å². The van der Waals surface area contributed by atoms with Crippen molar-refractivity contribution in [1.29, 1.82) is 0 Å². The van der Waals surface area contributed by atoms with Crippen molar-refractivity contribution in [1.82, 2.24) is 9.29 Å². The second kappa shape index (κ2) is 10.3. The molecule has 0 atom stereocenters. The molecule has 1 aromatic heterocycles. The lowest BCUT2D eigenvalue weighted by Gasteiger charge is -2.28. The van der Waals surface area contributed by atoms with E-state index in [0.29, 0.717) is 34.9 Å². The van der Waals surface area contributed by atoms with Crippen LogP contribution >= 0.6 is 11.3 Å². The fourth-order valence-corrected chi connectivity index (χ4v) is 7.16. The molecule has 0 unspecified atom stereocenters. The summed E-state index contributed by atoms with van der Waals surface area (Å²) in [5.41, 5.74) is 3.58. The Labute approximate surface area is 230 Å². The largest absolute Gasteiger partial charge is 0.279 e. The Morgan fingerprint density at radius 3 is 2.36 bits per heavy atom. The average Bonchev–Trinajstić information content (AvgIpc) is 3.41. The number of aromatic nitrogens is 1. The minimum absolute atomic E-state index is 0.134. The zero-order valence-corrected chi connectivity index (χ0v) is 22.5. The van der Waals surface area contributed by atoms with Gasteiger partial charge in [-0.15, -0.1) is 0 Å². The maximum atomic E-state index is 14.4. The molecule has 0 radical (unpaired) electrons. The van der Waals surface area contributed by atoms with Gasteiger partial charge in [0.2, 0.25) is 10.0 Å². The molecule has 0 spiro atoms. The third-order valence-corrected chi connectivity index (χ3v) is 9.76. The molecule has 0 aliphatic carbocycles. The predicted octanol–water partition coefficient (Wildman–Crippen LogP) is 6.03. The van der Waals surface area contributed by atoms with Gasteiger partial charge in [0.25, 0.3) is 5.91 Å². The van der Waals surface area contributed by atoms with Gasteiger partial charge in [-0.1, -0.05) is 72.0 Å². The standard InChI is InChI=1S/C30H24FN3O3S2/c31-26-11-6-12-27-28(26)32-30(38-27)34(19-21-7-2-1-3-8-21)29(35)23-13-15-25(16-14-23)39(36,37)33-18-17-22-9-4-5-10-24(22)20-33/h1-16H,17-20H2. The Morgan fingerprint density at radius 2 is 1.62 bits per heavy atom. The molecule has 1 aliphatic rings. The number of carbonyl (C=O) groups is 1. The molecule has 39 heavy (non-hydrogen) atoms. The second-order valence-electron chi connectivity index (χ2n) is 9.34. The lowest BCUT2D eigenvalue weighted by Crippen LogP contribution is -2.36. The van der Waals surface area contributed by atoms with E-state index in [1.807, 2.05) is 54.6 Å². The third-order valence-electron chi connectivity index (χ3n) is 6.85. The zero-order chi connectivity index (χ0) is 27.0. The van der Waals surface area contributed by atoms with Crippen LogP contribution in [0.1, 0.15) is 27.0 Å². The smallest absolute Gasteiger partial charge is 0.260 e. The van der Waals surface area contributed by atoms with E-state index in [4.69, 9.17) is 0 Å². The van der Waals surface area contributed by atoms with Crippen molar-refractivity contribution in [3.8, 4) is 0 Å². The van der Waals surface area contributed by atoms with Gasteiger partial charge in [-0.25, -0.2) is 17.8 Å². The van der Waals surface area contributed by atoms with Gasteiger partial charge in [0.05, 0.1) is 16.1 Å². The molecule has 0 bridgehead atoms. The van der Waals surface area contributed by atoms with Crippen LogP contribution in [0.2, 0.25) is 0 Å². The maximum absolute atomic E-state index is 14.4. The molecule has 5 aromatic rings. The molecule has 0 fully saturated rings. The van der Waals surface area contributed by atoms with Crippen LogP contribution in [0.3, 0.4) is 0 Å². The Morgan fingerprint density at radius 1 is 0.897 bits per heavy atom. The van der Waals surface area contributed by atoms with Gasteiger partial charge in [0, 0.05) is 18.7 Å². The monoisotopic (exact) mass is 557 g/mol. The SMILES string of the molecule is O=C(c1ccc(S(=O)(=O)N2CCc3ccccc3C2)cc1)N(Cc1ccccc1)c1nc2c(F)cccc2s1. The molecule has 1 amide bonds. The molecule has 6 rings (SSSR count). The Hall–Kier alpha value is -3.92. The number of halogens is 1. The summed E-state index contributed by atoms with van der Waals surface area (Å²) in [6, 6.07) is 28.0. The summed E-state index contributed by atoms with van der Waals surface area (Å²) in [4.78, 5) is 19.8. The fourth-order valence-electron chi connectivity index (χ4n) is 4.76. The molecular formula is C30H24FN3O3S2. The Kier molecular flexibility index (Phi) is 6.72. The molecule has 2 heterocycles. The van der Waals surface area contributed by atoms with Gasteiger partial charge in [-0.3, -0.25) is 9.69 Å². The van der Waals surface area contributed by atoms with Crippen molar-refractivity contribution < 1.29 is 17.6 Å². The minimum Gasteiger partial charge on any atom is -0.279 e. The average molecular weight is 558 g/mol. The Bertz CT molecular complexity index is 1770. The van der Waals surface area contributed by atoms with Crippen LogP contribution in [-0.4, -0.2) is 30.2 Å². The molecule has 0 saturated heterocycles. The lowest BCUT2D eigenvalue weighted by molar-refractivity contribution is 0.0985. The highest BCUT2D eigenvalue weighted by Gasteiger charge is 2.29. The Balaban J connectivity index is 1.30. The van der Waals surface area contributed by atoms with E-state index in [2.05, 4.69) is 4.98 Å². The van der Waals surface area contributed by atoms with Crippen molar-refractivity contribution in [2.24, 2.45) is 0 Å². The highest BCUT2D eigenvalue weighted by Crippen LogP contribution is 2.32. The van der Waals surface area contributed by atoms with E-state index in [1.54, 1.807) is 12.1 Å². The predicted molar refractivity (Wildman–Crippen MR) is 151 cm³/mol. The van der Waals surface area contributed by atoms with Crippen molar-refractivity contribution in [2.45, 2.75) is 24.4 Å². The minimum atomic E-state index is -3.73. The number of para-hydroxylation sites is 1. The van der Waals surface area contributed by atoms with Crippen molar-refractivity contribution in [3.63, 3.8) is 0 Å². The zero-order valence-electron chi connectivity index (χ0n) is 20.8. The number of sulfonamides is 1. The number of carbonyl (C=O) groups excluding carboxylic acids is 1. The van der Waals surface area contributed by atoms with E-state index in [9.17, 15) is 17.6 Å². The third kappa shape index (κ3) is 4.96. The van der Waals surface area contributed by atoms with Crippen molar-refractivity contribution in [3.05, 3.63) is 125 Å². The van der Waals surface area contributed by atoms with E-state index in [0.717, 1.165) is 16.7 Å². The molecule has 9 heteroatoms. The number of rotatable bonds is 6. The van der Waals surface area contributed by atoms with Crippen LogP contribution in [0.25, 0.3) is 10.2 Å². The number of thiazole rings is 1. The fraction of sp³-hybridized carbons (Fsp3) is 0.133. The van der Waals surface area contributed by atoms with E-state index >= 15 is 0 Å². The summed E-state index contributed by atoms with van der Waals surface area (Å²) >= 11 is 1.23. The van der Waals surface area contributed by atoms with Crippen LogP contribution < -0.4 is 4.90 Å². The van der Waals surface area contributed by atoms with Crippen LogP contribution in [0.4, 0.5) is 9.52 Å². The number of amides is 1. The first-order valence-corrected chi connectivity index (χ1v) is 14.7. The summed E-state index contributed by atoms with van der Waals surface area (Å²) < 4.78 is 43.3. The van der Waals surface area contributed by atoms with Crippen molar-refractivity contribution in [2.75, 3.05) is 11.4 Å². The molecule has 0 N–H and O–H groups in total. The molecular weight excluding hydrogens is 533 g/mol. The van der Waals surface area contributed by atoms with Crippen LogP contribution in [0, 0.1) is 5.82 Å². The highest BCUT2D eigenvalue weighted by molar-refractivity contribution is 7.89. The number of fused-ring (bicyclic) bond motifs is 2. The summed E-state index contributed by atoms with van der Waals surface area (Å²) in [6.45, 7) is 0.950. The first-order valence-electron chi connectivity index (χ1n) is 12.5. The highest BCUT2D eigenvalue weighted by atomic mass is 32.2. The van der Waals surface area contributed by atoms with Crippen molar-refractivity contribution >= 4 is 42.6 Å². The number of anilines is 1. The summed E-state index contributed by atoms with van der Waals surface area (Å²) in [5, 5.41) is 0.368. The first kappa shape index (κ1) is 25.4. The van der Waals surface area contributed by atoms with Gasteiger partial charge in [0.1, 0.15) is 11.3 Å². The summed E-state index contributed by atoms with van der Waals surface area (Å²) in [5.74, 6) is -0.800. The first-order chi connectivity index (χ1) is 18.9. The summed E-state index contributed by atoms with van der Waals surface area (Å²) in [7, 11) is -3.73. The van der Waals surface area contributed by atoms with Crippen LogP contribution in [-0.2, 0) is 29.5 Å². The number of benzene rings is 4. The van der Waals surface area contributed by atoms with Gasteiger partial charge < -0.3 is 0 Å². The lowest BCUT2D eigenvalue weighted by atomic mass is 10.0. The molecule has 4 aromatic carbocycles. The second-order valence-corrected chi connectivity index (χ2v) is 12.3. The summed E-state index contributed by atoms with van der Waals surface area (Å²) in [6.07, 6.45) is 0.656. The molecule has 196 valence electrons. The number of hydrogen-bond acceptors (Lipinski definition) is 5. The van der Waals surface area contributed by atoms with Gasteiger partial charge in [0.15, 0.2) is 5.13 Å². The van der Waals surface area contributed by atoms with Crippen LogP contribution in [0.15, 0.2) is 102 Å². The number of hydrogen-bond donors (Lipinski definition) is 0. The van der Waals surface area contributed by atoms with Gasteiger partial charge in [-0.05, 0) is 59.5 Å². The van der Waals surface area contributed by atoms with Gasteiger partial charge in [-0.2, -0.15) is 4.31 Å². The molecule has 1 aliphatic heterocycles. The van der Waals surface area contributed by atoms with E-state index in [-0.39, 0.29) is 22.9 Å². The van der Waals surface area contributed by atoms with E-state index < -0.39 is 15.8 Å². The number of nitrogens with zero attached hydrogens (tertiary/aromatic N) is 3. The molecule has 6 nitrogen and oxygen atoms in total.